The fourth-order valence-electron chi connectivity index (χ4n) is 5.31. The monoisotopic (exact) mass is 618 g/mol. The van der Waals surface area contributed by atoms with Gasteiger partial charge in [-0.1, -0.05) is 91.9 Å². The van der Waals surface area contributed by atoms with E-state index in [4.69, 9.17) is 14.1 Å². The van der Waals surface area contributed by atoms with Crippen LogP contribution in [0.2, 0.25) is 0 Å². The Labute approximate surface area is 262 Å². The van der Waals surface area contributed by atoms with Gasteiger partial charge in [-0.25, -0.2) is 14.6 Å². The van der Waals surface area contributed by atoms with Crippen LogP contribution in [0.15, 0.2) is 111 Å². The minimum absolute atomic E-state index is 0.174. The van der Waals surface area contributed by atoms with Crippen LogP contribution >= 0.6 is 11.3 Å². The molecule has 45 heavy (non-hydrogen) atoms. The first-order valence-corrected chi connectivity index (χ1v) is 15.4. The van der Waals surface area contributed by atoms with Crippen molar-refractivity contribution in [2.45, 2.75) is 32.7 Å². The molecule has 226 valence electrons. The SMILES string of the molecule is CCOC(=O)C1=C(c2ccccc2)N=c2s/c(=C/c3ccc(-c4ccc(C(=O)O)cc4)o3)c(=O)n2[C@@H]1c1ccc(C(C)C)cc1. The van der Waals surface area contributed by atoms with Gasteiger partial charge in [0.15, 0.2) is 4.80 Å². The molecule has 1 aliphatic rings. The van der Waals surface area contributed by atoms with E-state index in [2.05, 4.69) is 13.8 Å². The number of carbonyl (C=O) groups excluding carboxylic acids is 1. The molecular weight excluding hydrogens is 588 g/mol. The van der Waals surface area contributed by atoms with Gasteiger partial charge in [0.1, 0.15) is 11.5 Å². The minimum atomic E-state index is -1.01. The number of benzene rings is 3. The van der Waals surface area contributed by atoms with E-state index in [0.717, 1.165) is 16.7 Å². The Morgan fingerprint density at radius 1 is 0.978 bits per heavy atom. The lowest BCUT2D eigenvalue weighted by Gasteiger charge is -2.26. The maximum absolute atomic E-state index is 14.1. The van der Waals surface area contributed by atoms with Crippen molar-refractivity contribution in [3.63, 3.8) is 0 Å². The van der Waals surface area contributed by atoms with Crippen molar-refractivity contribution < 1.29 is 23.8 Å². The van der Waals surface area contributed by atoms with Crippen LogP contribution in [0.4, 0.5) is 0 Å². The zero-order valence-electron chi connectivity index (χ0n) is 24.9. The largest absolute Gasteiger partial charge is 0.478 e. The summed E-state index contributed by atoms with van der Waals surface area (Å²) in [5.74, 6) is -0.243. The summed E-state index contributed by atoms with van der Waals surface area (Å²) in [6, 6.07) is 26.5. The molecule has 0 fully saturated rings. The molecule has 1 aliphatic heterocycles. The van der Waals surface area contributed by atoms with Crippen molar-refractivity contribution in [2.75, 3.05) is 6.61 Å². The van der Waals surface area contributed by atoms with Crippen molar-refractivity contribution >= 4 is 35.0 Å². The second-order valence-electron chi connectivity index (χ2n) is 10.8. The summed E-state index contributed by atoms with van der Waals surface area (Å²) in [5.41, 5.74) is 3.98. The Balaban J connectivity index is 1.52. The zero-order chi connectivity index (χ0) is 31.7. The molecular formula is C36H30N2O6S. The molecule has 3 aromatic carbocycles. The van der Waals surface area contributed by atoms with Gasteiger partial charge in [-0.2, -0.15) is 0 Å². The van der Waals surface area contributed by atoms with Gasteiger partial charge in [-0.15, -0.1) is 0 Å². The van der Waals surface area contributed by atoms with E-state index in [1.165, 1.54) is 23.5 Å². The van der Waals surface area contributed by atoms with Crippen molar-refractivity contribution in [3.8, 4) is 11.3 Å². The lowest BCUT2D eigenvalue weighted by molar-refractivity contribution is -0.138. The molecule has 8 nitrogen and oxygen atoms in total. The Morgan fingerprint density at radius 3 is 2.33 bits per heavy atom. The maximum atomic E-state index is 14.1. The van der Waals surface area contributed by atoms with Gasteiger partial charge >= 0.3 is 11.9 Å². The normalized spacial score (nSPS) is 14.8. The van der Waals surface area contributed by atoms with E-state index < -0.39 is 18.0 Å². The quantitative estimate of drug-likeness (QED) is 0.213. The first-order valence-electron chi connectivity index (χ1n) is 14.6. The lowest BCUT2D eigenvalue weighted by atomic mass is 9.91. The molecule has 5 aromatic rings. The van der Waals surface area contributed by atoms with Crippen molar-refractivity contribution in [1.82, 2.24) is 4.57 Å². The number of rotatable bonds is 8. The first kappa shape index (κ1) is 29.8. The van der Waals surface area contributed by atoms with E-state index in [0.29, 0.717) is 43.6 Å². The third kappa shape index (κ3) is 5.82. The number of esters is 1. The zero-order valence-corrected chi connectivity index (χ0v) is 25.7. The van der Waals surface area contributed by atoms with Gasteiger partial charge in [-0.05, 0) is 48.2 Å². The highest BCUT2D eigenvalue weighted by Gasteiger charge is 2.35. The standard InChI is InChI=1S/C36H30N2O6S/c1-4-43-35(42)30-31(24-8-6-5-7-9-24)37-36-38(32(30)25-14-10-22(11-15-25)21(2)3)33(39)29(45-36)20-27-18-19-28(44-27)23-12-16-26(17-13-23)34(40)41/h5-21,32H,4H2,1-3H3,(H,40,41)/b29-20+/t32-/m1/s1. The van der Waals surface area contributed by atoms with Crippen LogP contribution < -0.4 is 14.9 Å². The Bertz CT molecular complexity index is 2100. The molecule has 1 N–H and O–H groups in total. The first-order chi connectivity index (χ1) is 21.7. The van der Waals surface area contributed by atoms with Gasteiger partial charge in [-0.3, -0.25) is 9.36 Å². The molecule has 0 saturated carbocycles. The molecule has 9 heteroatoms. The highest BCUT2D eigenvalue weighted by Crippen LogP contribution is 2.35. The van der Waals surface area contributed by atoms with E-state index in [9.17, 15) is 19.5 Å². The van der Waals surface area contributed by atoms with Gasteiger partial charge < -0.3 is 14.3 Å². The summed E-state index contributed by atoms with van der Waals surface area (Å²) in [4.78, 5) is 44.3. The number of thiazole rings is 1. The molecule has 3 heterocycles. The number of carboxylic acids is 1. The fraction of sp³-hybridized carbons (Fsp3) is 0.167. The topological polar surface area (TPSA) is 111 Å². The Hall–Kier alpha value is -5.28. The number of hydrogen-bond donors (Lipinski definition) is 1. The maximum Gasteiger partial charge on any atom is 0.338 e. The van der Waals surface area contributed by atoms with Crippen molar-refractivity contribution in [1.29, 1.82) is 0 Å². The number of aromatic carboxylic acids is 1. The molecule has 2 aromatic heterocycles. The molecule has 0 radical (unpaired) electrons. The van der Waals surface area contributed by atoms with Crippen LogP contribution in [0.1, 0.15) is 65.5 Å². The lowest BCUT2D eigenvalue weighted by Crippen LogP contribution is -2.40. The third-order valence-corrected chi connectivity index (χ3v) is 8.59. The van der Waals surface area contributed by atoms with E-state index >= 15 is 0 Å². The van der Waals surface area contributed by atoms with Gasteiger partial charge in [0.2, 0.25) is 0 Å². The molecule has 1 atom stereocenters. The average molecular weight is 619 g/mol. The highest BCUT2D eigenvalue weighted by molar-refractivity contribution is 7.07. The molecule has 0 spiro atoms. The number of hydrogen-bond acceptors (Lipinski definition) is 7. The predicted octanol–water partition coefficient (Wildman–Crippen LogP) is 6.02. The molecule has 6 rings (SSSR count). The number of ether oxygens (including phenoxy) is 1. The van der Waals surface area contributed by atoms with E-state index in [1.807, 2.05) is 54.6 Å². The summed E-state index contributed by atoms with van der Waals surface area (Å²) in [6.07, 6.45) is 1.66. The summed E-state index contributed by atoms with van der Waals surface area (Å²) in [7, 11) is 0. The average Bonchev–Trinajstić information content (AvgIpc) is 3.64. The molecule has 0 amide bonds. The van der Waals surface area contributed by atoms with Crippen LogP contribution in [0, 0.1) is 0 Å². The number of fused-ring (bicyclic) bond motifs is 1. The second-order valence-corrected chi connectivity index (χ2v) is 11.8. The molecule has 0 saturated heterocycles. The predicted molar refractivity (Wildman–Crippen MR) is 173 cm³/mol. The molecule has 0 bridgehead atoms. The van der Waals surface area contributed by atoms with Gasteiger partial charge in [0.25, 0.3) is 5.56 Å². The summed E-state index contributed by atoms with van der Waals surface area (Å²) < 4.78 is 13.5. The minimum Gasteiger partial charge on any atom is -0.478 e. The molecule has 0 unspecified atom stereocenters. The number of carboxylic acid groups (broad SMARTS) is 1. The van der Waals surface area contributed by atoms with Crippen LogP contribution in [-0.4, -0.2) is 28.2 Å². The number of aromatic nitrogens is 1. The summed E-state index contributed by atoms with van der Waals surface area (Å²) >= 11 is 1.22. The van der Waals surface area contributed by atoms with E-state index in [1.54, 1.807) is 41.8 Å². The number of nitrogens with zero attached hydrogens (tertiary/aromatic N) is 2. The van der Waals surface area contributed by atoms with Gasteiger partial charge in [0.05, 0.1) is 34.0 Å². The smallest absolute Gasteiger partial charge is 0.338 e. The van der Waals surface area contributed by atoms with E-state index in [-0.39, 0.29) is 17.7 Å². The fourth-order valence-corrected chi connectivity index (χ4v) is 6.29. The Morgan fingerprint density at radius 2 is 1.69 bits per heavy atom. The third-order valence-electron chi connectivity index (χ3n) is 7.61. The van der Waals surface area contributed by atoms with Gasteiger partial charge in [0, 0.05) is 17.2 Å². The Kier molecular flexibility index (Phi) is 8.19. The van der Waals surface area contributed by atoms with Crippen molar-refractivity contribution in [2.24, 2.45) is 4.99 Å². The molecule has 0 aliphatic carbocycles. The van der Waals surface area contributed by atoms with Crippen LogP contribution in [-0.2, 0) is 9.53 Å². The highest BCUT2D eigenvalue weighted by atomic mass is 32.1. The van der Waals surface area contributed by atoms with Crippen LogP contribution in [0.5, 0.6) is 0 Å². The van der Waals surface area contributed by atoms with Crippen LogP contribution in [0.3, 0.4) is 0 Å². The van der Waals surface area contributed by atoms with Crippen molar-refractivity contribution in [3.05, 3.63) is 144 Å². The summed E-state index contributed by atoms with van der Waals surface area (Å²) in [6.45, 7) is 6.15. The summed E-state index contributed by atoms with van der Waals surface area (Å²) in [5, 5.41) is 9.19. The number of carbonyl (C=O) groups is 2. The second kappa shape index (κ2) is 12.4. The number of furan rings is 1. The van der Waals surface area contributed by atoms with Crippen LogP contribution in [0.25, 0.3) is 23.1 Å².